The number of carboxylic acids is 1. The number of carboxylic acid groups (broad SMARTS) is 1. The Balaban J connectivity index is 0.00000201. The van der Waals surface area contributed by atoms with Crippen molar-refractivity contribution in [1.82, 2.24) is 14.7 Å². The van der Waals surface area contributed by atoms with E-state index in [-0.39, 0.29) is 56.5 Å². The van der Waals surface area contributed by atoms with E-state index in [1.165, 1.54) is 22.6 Å². The number of carbonyl (C=O) groups excluding carboxylic acids is 2. The number of benzene rings is 2. The fourth-order valence-electron chi connectivity index (χ4n) is 5.51. The van der Waals surface area contributed by atoms with Crippen molar-refractivity contribution < 1.29 is 24.2 Å². The van der Waals surface area contributed by atoms with Crippen LogP contribution in [0.2, 0.25) is 10.0 Å². The van der Waals surface area contributed by atoms with E-state index in [4.69, 9.17) is 27.9 Å². The van der Waals surface area contributed by atoms with Crippen LogP contribution in [-0.2, 0) is 16.1 Å². The Morgan fingerprint density at radius 2 is 1.79 bits per heavy atom. The molecule has 0 radical (unpaired) electrons. The SMILES string of the molecule is CC.Cc1cc(CN(CC2CCCC2)C(CC(=O)O)c2ccc(Cl)c(Cl)c2)ccc1OCCN1C(=O)CN(C)C1=O.Cl. The number of rotatable bonds is 12. The first-order valence-electron chi connectivity index (χ1n) is 14.3. The Morgan fingerprint density at radius 3 is 2.36 bits per heavy atom. The molecule has 1 heterocycles. The molecule has 8 nitrogen and oxygen atoms in total. The second-order valence-corrected chi connectivity index (χ2v) is 11.3. The fraction of sp³-hybridized carbons (Fsp3) is 0.516. The molecule has 2 aromatic rings. The van der Waals surface area contributed by atoms with Crippen LogP contribution in [-0.4, -0.2) is 71.0 Å². The van der Waals surface area contributed by atoms with Gasteiger partial charge >= 0.3 is 12.0 Å². The molecule has 0 spiro atoms. The topological polar surface area (TPSA) is 90.4 Å². The van der Waals surface area contributed by atoms with Crippen molar-refractivity contribution in [3.8, 4) is 5.75 Å². The van der Waals surface area contributed by atoms with Crippen molar-refractivity contribution in [2.24, 2.45) is 5.92 Å². The van der Waals surface area contributed by atoms with E-state index in [1.54, 1.807) is 19.2 Å². The number of urea groups is 1. The molecule has 1 saturated heterocycles. The molecule has 42 heavy (non-hydrogen) atoms. The number of ether oxygens (including phenoxy) is 1. The molecular formula is C31H42Cl3N3O5. The highest BCUT2D eigenvalue weighted by atomic mass is 35.5. The lowest BCUT2D eigenvalue weighted by Crippen LogP contribution is -2.35. The third-order valence-corrected chi connectivity index (χ3v) is 8.27. The number of nitrogens with zero attached hydrogens (tertiary/aromatic N) is 3. The molecular weight excluding hydrogens is 601 g/mol. The molecule has 232 valence electrons. The van der Waals surface area contributed by atoms with Crippen LogP contribution in [0.4, 0.5) is 4.79 Å². The van der Waals surface area contributed by atoms with Crippen LogP contribution >= 0.6 is 35.6 Å². The van der Waals surface area contributed by atoms with Gasteiger partial charge in [0.25, 0.3) is 0 Å². The number of likely N-dealkylation sites (N-methyl/N-ethyl adjacent to an activating group) is 1. The van der Waals surface area contributed by atoms with E-state index in [1.807, 2.05) is 45.0 Å². The number of carbonyl (C=O) groups is 3. The minimum atomic E-state index is -0.872. The van der Waals surface area contributed by atoms with E-state index in [9.17, 15) is 19.5 Å². The van der Waals surface area contributed by atoms with Crippen molar-refractivity contribution in [2.75, 3.05) is 33.3 Å². The summed E-state index contributed by atoms with van der Waals surface area (Å²) in [5.74, 6) is 0.102. The van der Waals surface area contributed by atoms with Gasteiger partial charge in [0.2, 0.25) is 5.91 Å². The minimum absolute atomic E-state index is 0. The molecule has 2 fully saturated rings. The summed E-state index contributed by atoms with van der Waals surface area (Å²) < 4.78 is 5.91. The Bertz CT molecular complexity index is 1220. The van der Waals surface area contributed by atoms with Crippen molar-refractivity contribution >= 4 is 53.5 Å². The van der Waals surface area contributed by atoms with Crippen LogP contribution in [0.25, 0.3) is 0 Å². The van der Waals surface area contributed by atoms with Gasteiger partial charge in [-0.15, -0.1) is 12.4 Å². The van der Waals surface area contributed by atoms with Gasteiger partial charge in [-0.1, -0.05) is 68.1 Å². The van der Waals surface area contributed by atoms with E-state index in [0.29, 0.717) is 28.3 Å². The zero-order valence-electron chi connectivity index (χ0n) is 24.8. The van der Waals surface area contributed by atoms with Crippen molar-refractivity contribution in [1.29, 1.82) is 0 Å². The molecule has 11 heteroatoms. The standard InChI is InChI=1S/C29H35Cl2N3O5.C2H6.ClH/c1-19-13-21(7-10-26(19)39-12-11-34-27(35)18-32(2)29(34)38)17-33(16-20-5-3-4-6-20)25(15-28(36)37)22-8-9-23(30)24(31)14-22;1-2;/h7-10,13-14,20,25H,3-6,11-12,15-18H2,1-2H3,(H,36,37);1-2H3;1H. The fourth-order valence-corrected chi connectivity index (χ4v) is 5.82. The molecule has 1 aliphatic heterocycles. The molecule has 1 atom stereocenters. The number of hydrogen-bond acceptors (Lipinski definition) is 5. The molecule has 1 unspecified atom stereocenters. The predicted octanol–water partition coefficient (Wildman–Crippen LogP) is 7.23. The normalized spacial score (nSPS) is 15.9. The Hall–Kier alpha value is -2.52. The van der Waals surface area contributed by atoms with Crippen LogP contribution < -0.4 is 4.74 Å². The molecule has 3 amide bonds. The average Bonchev–Trinajstić information content (AvgIpc) is 3.54. The number of amides is 3. The summed E-state index contributed by atoms with van der Waals surface area (Å²) in [5.41, 5.74) is 2.80. The van der Waals surface area contributed by atoms with Crippen LogP contribution in [0.5, 0.6) is 5.75 Å². The van der Waals surface area contributed by atoms with E-state index < -0.39 is 5.97 Å². The third kappa shape index (κ3) is 9.49. The van der Waals surface area contributed by atoms with Crippen LogP contribution in [0.3, 0.4) is 0 Å². The van der Waals surface area contributed by atoms with Crippen LogP contribution in [0.15, 0.2) is 36.4 Å². The molecule has 2 aromatic carbocycles. The number of aryl methyl sites for hydroxylation is 1. The molecule has 1 N–H and O–H groups in total. The predicted molar refractivity (Wildman–Crippen MR) is 169 cm³/mol. The van der Waals surface area contributed by atoms with E-state index in [2.05, 4.69) is 4.90 Å². The van der Waals surface area contributed by atoms with Gasteiger partial charge in [0, 0.05) is 26.2 Å². The molecule has 0 aromatic heterocycles. The lowest BCUT2D eigenvalue weighted by Gasteiger charge is -2.34. The van der Waals surface area contributed by atoms with Gasteiger partial charge in [-0.05, 0) is 60.6 Å². The van der Waals surface area contributed by atoms with E-state index in [0.717, 1.165) is 36.1 Å². The Labute approximate surface area is 265 Å². The first-order valence-corrected chi connectivity index (χ1v) is 15.1. The maximum Gasteiger partial charge on any atom is 0.327 e. The lowest BCUT2D eigenvalue weighted by atomic mass is 9.98. The minimum Gasteiger partial charge on any atom is -0.491 e. The Kier molecular flexibility index (Phi) is 14.4. The highest BCUT2D eigenvalue weighted by Crippen LogP contribution is 2.35. The summed E-state index contributed by atoms with van der Waals surface area (Å²) in [5, 5.41) is 10.6. The van der Waals surface area contributed by atoms with Crippen molar-refractivity contribution in [3.05, 3.63) is 63.1 Å². The summed E-state index contributed by atoms with van der Waals surface area (Å²) in [7, 11) is 1.60. The average molecular weight is 643 g/mol. The summed E-state index contributed by atoms with van der Waals surface area (Å²) in [6, 6.07) is 10.6. The molecule has 0 bridgehead atoms. The summed E-state index contributed by atoms with van der Waals surface area (Å²) in [6.45, 7) is 7.81. The summed E-state index contributed by atoms with van der Waals surface area (Å²) in [6.07, 6.45) is 4.63. The smallest absolute Gasteiger partial charge is 0.327 e. The number of hydrogen-bond donors (Lipinski definition) is 1. The second kappa shape index (κ2) is 16.9. The van der Waals surface area contributed by atoms with Gasteiger partial charge in [0.05, 0.1) is 23.0 Å². The summed E-state index contributed by atoms with van der Waals surface area (Å²) in [4.78, 5) is 40.8. The van der Waals surface area contributed by atoms with Gasteiger partial charge in [-0.3, -0.25) is 19.4 Å². The maximum absolute atomic E-state index is 12.1. The highest BCUT2D eigenvalue weighted by molar-refractivity contribution is 6.42. The zero-order chi connectivity index (χ0) is 30.1. The molecule has 4 rings (SSSR count). The van der Waals surface area contributed by atoms with Gasteiger partial charge < -0.3 is 14.7 Å². The Morgan fingerprint density at radius 1 is 1.10 bits per heavy atom. The van der Waals surface area contributed by atoms with Gasteiger partial charge in [-0.25, -0.2) is 4.79 Å². The van der Waals surface area contributed by atoms with Crippen LogP contribution in [0.1, 0.15) is 68.7 Å². The molecule has 1 aliphatic carbocycles. The number of halogens is 3. The maximum atomic E-state index is 12.1. The lowest BCUT2D eigenvalue weighted by molar-refractivity contribution is -0.138. The quantitative estimate of drug-likeness (QED) is 0.246. The van der Waals surface area contributed by atoms with Gasteiger partial charge in [-0.2, -0.15) is 0 Å². The third-order valence-electron chi connectivity index (χ3n) is 7.53. The first kappa shape index (κ1) is 35.7. The monoisotopic (exact) mass is 641 g/mol. The number of aliphatic carboxylic acids is 1. The van der Waals surface area contributed by atoms with Gasteiger partial charge in [0.1, 0.15) is 18.9 Å². The van der Waals surface area contributed by atoms with Crippen molar-refractivity contribution in [3.63, 3.8) is 0 Å². The first-order chi connectivity index (χ1) is 19.6. The van der Waals surface area contributed by atoms with Crippen LogP contribution in [0, 0.1) is 12.8 Å². The van der Waals surface area contributed by atoms with Gasteiger partial charge in [0.15, 0.2) is 0 Å². The molecule has 1 saturated carbocycles. The van der Waals surface area contributed by atoms with Crippen molar-refractivity contribution in [2.45, 2.75) is 65.5 Å². The molecule has 2 aliphatic rings. The largest absolute Gasteiger partial charge is 0.491 e. The highest BCUT2D eigenvalue weighted by Gasteiger charge is 2.33. The van der Waals surface area contributed by atoms with E-state index >= 15 is 0 Å². The summed E-state index contributed by atoms with van der Waals surface area (Å²) >= 11 is 12.5. The number of imide groups is 1. The zero-order valence-corrected chi connectivity index (χ0v) is 27.1. The second-order valence-electron chi connectivity index (χ2n) is 10.5.